The lowest BCUT2D eigenvalue weighted by molar-refractivity contribution is -0.117. The van der Waals surface area contributed by atoms with E-state index in [1.807, 2.05) is 31.2 Å². The summed E-state index contributed by atoms with van der Waals surface area (Å²) in [6.45, 7) is 4.10. The van der Waals surface area contributed by atoms with Gasteiger partial charge in [-0.15, -0.1) is 0 Å². The summed E-state index contributed by atoms with van der Waals surface area (Å²) in [5.41, 5.74) is 7.75. The maximum absolute atomic E-state index is 11.7. The van der Waals surface area contributed by atoms with E-state index in [2.05, 4.69) is 12.2 Å². The quantitative estimate of drug-likeness (QED) is 0.800. The van der Waals surface area contributed by atoms with Crippen molar-refractivity contribution in [2.45, 2.75) is 39.2 Å². The normalized spacial score (nSPS) is 12.2. The summed E-state index contributed by atoms with van der Waals surface area (Å²) < 4.78 is 0. The monoisotopic (exact) mass is 220 g/mol. The number of benzene rings is 1. The van der Waals surface area contributed by atoms with Crippen molar-refractivity contribution in [3.63, 3.8) is 0 Å². The first-order chi connectivity index (χ1) is 7.63. The van der Waals surface area contributed by atoms with Gasteiger partial charge in [-0.3, -0.25) is 4.79 Å². The largest absolute Gasteiger partial charge is 0.325 e. The summed E-state index contributed by atoms with van der Waals surface area (Å²) in [7, 11) is 0. The van der Waals surface area contributed by atoms with E-state index in [1.54, 1.807) is 0 Å². The highest BCUT2D eigenvalue weighted by atomic mass is 16.2. The van der Waals surface area contributed by atoms with Crippen LogP contribution in [0.4, 0.5) is 5.69 Å². The summed E-state index contributed by atoms with van der Waals surface area (Å²) in [5, 5.41) is 2.81. The predicted octanol–water partition coefficient (Wildman–Crippen LogP) is 2.45. The van der Waals surface area contributed by atoms with Crippen molar-refractivity contribution in [2.24, 2.45) is 5.73 Å². The van der Waals surface area contributed by atoms with E-state index in [0.717, 1.165) is 24.9 Å². The highest BCUT2D eigenvalue weighted by Gasteiger charge is 2.12. The van der Waals surface area contributed by atoms with Gasteiger partial charge in [0.2, 0.25) is 5.91 Å². The first kappa shape index (κ1) is 12.7. The van der Waals surface area contributed by atoms with Crippen LogP contribution in [0.25, 0.3) is 0 Å². The topological polar surface area (TPSA) is 55.1 Å². The Morgan fingerprint density at radius 1 is 1.38 bits per heavy atom. The van der Waals surface area contributed by atoms with Gasteiger partial charge in [-0.2, -0.15) is 0 Å². The van der Waals surface area contributed by atoms with Crippen LogP contribution in [0.1, 0.15) is 31.7 Å². The fraction of sp³-hybridized carbons (Fsp3) is 0.462. The number of nitrogens with one attached hydrogen (secondary N) is 1. The fourth-order valence-corrected chi connectivity index (χ4v) is 1.43. The molecule has 0 aliphatic heterocycles. The maximum atomic E-state index is 11.7. The van der Waals surface area contributed by atoms with E-state index in [9.17, 15) is 4.79 Å². The first-order valence-corrected chi connectivity index (χ1v) is 5.76. The van der Waals surface area contributed by atoms with Gasteiger partial charge in [0.05, 0.1) is 6.04 Å². The van der Waals surface area contributed by atoms with Crippen LogP contribution in [0.5, 0.6) is 0 Å². The standard InChI is InChI=1S/C13H20N2O/c1-3-4-5-12(14)13(16)15-11-8-6-10(2)7-9-11/h6-9,12H,3-5,14H2,1-2H3,(H,15,16)/t12-/m0/s1. The summed E-state index contributed by atoms with van der Waals surface area (Å²) in [6.07, 6.45) is 2.79. The van der Waals surface area contributed by atoms with E-state index in [-0.39, 0.29) is 5.91 Å². The van der Waals surface area contributed by atoms with Crippen molar-refractivity contribution in [1.82, 2.24) is 0 Å². The Kier molecular flexibility index (Phi) is 4.99. The van der Waals surface area contributed by atoms with Gasteiger partial charge < -0.3 is 11.1 Å². The highest BCUT2D eigenvalue weighted by molar-refractivity contribution is 5.94. The van der Waals surface area contributed by atoms with Crippen LogP contribution in [0, 0.1) is 6.92 Å². The molecule has 16 heavy (non-hydrogen) atoms. The first-order valence-electron chi connectivity index (χ1n) is 5.76. The van der Waals surface area contributed by atoms with E-state index in [4.69, 9.17) is 5.73 Å². The van der Waals surface area contributed by atoms with Gasteiger partial charge in [-0.25, -0.2) is 0 Å². The average Bonchev–Trinajstić information content (AvgIpc) is 2.29. The summed E-state index contributed by atoms with van der Waals surface area (Å²) in [6, 6.07) is 7.31. The molecule has 0 aromatic heterocycles. The van der Waals surface area contributed by atoms with Crippen molar-refractivity contribution in [3.05, 3.63) is 29.8 Å². The van der Waals surface area contributed by atoms with Gasteiger partial charge in [0, 0.05) is 5.69 Å². The van der Waals surface area contributed by atoms with Crippen LogP contribution in [0.15, 0.2) is 24.3 Å². The zero-order valence-electron chi connectivity index (χ0n) is 9.99. The molecule has 1 amide bonds. The summed E-state index contributed by atoms with van der Waals surface area (Å²) in [4.78, 5) is 11.7. The third-order valence-electron chi connectivity index (χ3n) is 2.52. The molecule has 0 spiro atoms. The lowest BCUT2D eigenvalue weighted by Crippen LogP contribution is -2.35. The molecule has 1 aromatic carbocycles. The van der Waals surface area contributed by atoms with Crippen molar-refractivity contribution in [1.29, 1.82) is 0 Å². The molecule has 0 heterocycles. The van der Waals surface area contributed by atoms with E-state index in [0.29, 0.717) is 0 Å². The fourth-order valence-electron chi connectivity index (χ4n) is 1.43. The van der Waals surface area contributed by atoms with E-state index >= 15 is 0 Å². The van der Waals surface area contributed by atoms with Crippen molar-refractivity contribution >= 4 is 11.6 Å². The van der Waals surface area contributed by atoms with Crippen LogP contribution >= 0.6 is 0 Å². The molecule has 1 rings (SSSR count). The van der Waals surface area contributed by atoms with Crippen molar-refractivity contribution in [2.75, 3.05) is 5.32 Å². The van der Waals surface area contributed by atoms with Gasteiger partial charge in [0.15, 0.2) is 0 Å². The van der Waals surface area contributed by atoms with Crippen LogP contribution in [-0.4, -0.2) is 11.9 Å². The molecule has 3 heteroatoms. The minimum atomic E-state index is -0.402. The molecule has 0 bridgehead atoms. The Labute approximate surface area is 97.0 Å². The van der Waals surface area contributed by atoms with Gasteiger partial charge in [0.25, 0.3) is 0 Å². The Bertz CT molecular complexity index is 332. The SMILES string of the molecule is CCCC[C@H](N)C(=O)Nc1ccc(C)cc1. The number of anilines is 1. The summed E-state index contributed by atoms with van der Waals surface area (Å²) in [5.74, 6) is -0.0997. The molecular weight excluding hydrogens is 200 g/mol. The molecule has 0 radical (unpaired) electrons. The molecule has 0 saturated heterocycles. The van der Waals surface area contributed by atoms with Crippen LogP contribution in [0.2, 0.25) is 0 Å². The number of nitrogens with two attached hydrogens (primary N) is 1. The lowest BCUT2D eigenvalue weighted by atomic mass is 10.1. The second-order valence-electron chi connectivity index (χ2n) is 4.10. The van der Waals surface area contributed by atoms with Gasteiger partial charge in [0.1, 0.15) is 0 Å². The maximum Gasteiger partial charge on any atom is 0.241 e. The zero-order valence-corrected chi connectivity index (χ0v) is 9.99. The molecule has 0 unspecified atom stereocenters. The number of hydrogen-bond acceptors (Lipinski definition) is 2. The Morgan fingerprint density at radius 2 is 2.00 bits per heavy atom. The average molecular weight is 220 g/mol. The minimum Gasteiger partial charge on any atom is -0.325 e. The number of hydrogen-bond donors (Lipinski definition) is 2. The molecule has 3 N–H and O–H groups in total. The Hall–Kier alpha value is -1.35. The molecule has 1 atom stereocenters. The minimum absolute atomic E-state index is 0.0997. The third kappa shape index (κ3) is 4.03. The number of rotatable bonds is 5. The molecular formula is C13H20N2O. The number of amides is 1. The lowest BCUT2D eigenvalue weighted by Gasteiger charge is -2.11. The highest BCUT2D eigenvalue weighted by Crippen LogP contribution is 2.09. The van der Waals surface area contributed by atoms with Crippen molar-refractivity contribution < 1.29 is 4.79 Å². The number of unbranched alkanes of at least 4 members (excludes halogenated alkanes) is 1. The molecule has 3 nitrogen and oxygen atoms in total. The van der Waals surface area contributed by atoms with Crippen LogP contribution in [0.3, 0.4) is 0 Å². The van der Waals surface area contributed by atoms with Gasteiger partial charge >= 0.3 is 0 Å². The third-order valence-corrected chi connectivity index (χ3v) is 2.52. The molecule has 88 valence electrons. The predicted molar refractivity (Wildman–Crippen MR) is 67.3 cm³/mol. The van der Waals surface area contributed by atoms with E-state index < -0.39 is 6.04 Å². The van der Waals surface area contributed by atoms with Crippen LogP contribution in [-0.2, 0) is 4.79 Å². The number of carbonyl (C=O) groups excluding carboxylic acids is 1. The smallest absolute Gasteiger partial charge is 0.241 e. The number of aryl methyl sites for hydroxylation is 1. The molecule has 1 aromatic rings. The van der Waals surface area contributed by atoms with Crippen LogP contribution < -0.4 is 11.1 Å². The van der Waals surface area contributed by atoms with Gasteiger partial charge in [-0.05, 0) is 25.5 Å². The zero-order chi connectivity index (χ0) is 12.0. The summed E-state index contributed by atoms with van der Waals surface area (Å²) >= 11 is 0. The second-order valence-corrected chi connectivity index (χ2v) is 4.10. The molecule has 0 aliphatic rings. The molecule has 0 aliphatic carbocycles. The van der Waals surface area contributed by atoms with Crippen molar-refractivity contribution in [3.8, 4) is 0 Å². The number of carbonyl (C=O) groups is 1. The Balaban J connectivity index is 2.47. The van der Waals surface area contributed by atoms with Gasteiger partial charge in [-0.1, -0.05) is 37.5 Å². The Morgan fingerprint density at radius 3 is 2.56 bits per heavy atom. The second kappa shape index (κ2) is 6.28. The molecule has 0 saturated carbocycles. The molecule has 0 fully saturated rings. The van der Waals surface area contributed by atoms with E-state index in [1.165, 1.54) is 5.56 Å².